The summed E-state index contributed by atoms with van der Waals surface area (Å²) in [4.78, 5) is 12.6. The number of halogens is 3. The number of sulfonamides is 1. The fourth-order valence-corrected chi connectivity index (χ4v) is 5.03. The third-order valence-electron chi connectivity index (χ3n) is 5.48. The summed E-state index contributed by atoms with van der Waals surface area (Å²) in [6.07, 6.45) is -4.73. The minimum Gasteiger partial charge on any atom is -0.493 e. The van der Waals surface area contributed by atoms with E-state index >= 15 is 0 Å². The number of ether oxygens (including phenoxy) is 3. The number of carbonyl (C=O) groups excluding carboxylic acids is 1. The van der Waals surface area contributed by atoms with Crippen LogP contribution in [0.15, 0.2) is 71.6 Å². The molecule has 0 atom stereocenters. The average molecular weight is 567 g/mol. The highest BCUT2D eigenvalue weighted by molar-refractivity contribution is 7.92. The van der Waals surface area contributed by atoms with Crippen LogP contribution in [0.5, 0.6) is 17.2 Å². The normalized spacial score (nSPS) is 11.7. The Balaban J connectivity index is 1.91. The van der Waals surface area contributed by atoms with Gasteiger partial charge in [0.1, 0.15) is 12.3 Å². The van der Waals surface area contributed by atoms with Crippen LogP contribution in [0.1, 0.15) is 25.0 Å². The molecule has 0 spiro atoms. The second-order valence-electron chi connectivity index (χ2n) is 8.66. The molecule has 210 valence electrons. The summed E-state index contributed by atoms with van der Waals surface area (Å²) in [5.41, 5.74) is -0.672. The van der Waals surface area contributed by atoms with Crippen LogP contribution in [-0.2, 0) is 27.5 Å². The Labute approximate surface area is 225 Å². The van der Waals surface area contributed by atoms with Crippen molar-refractivity contribution >= 4 is 21.6 Å². The number of methoxy groups -OCH3 is 2. The maximum absolute atomic E-state index is 13.7. The van der Waals surface area contributed by atoms with Crippen molar-refractivity contribution in [3.05, 3.63) is 77.9 Å². The van der Waals surface area contributed by atoms with Crippen LogP contribution in [0, 0.1) is 0 Å². The van der Waals surface area contributed by atoms with Gasteiger partial charge < -0.3 is 19.5 Å². The largest absolute Gasteiger partial charge is 0.493 e. The molecule has 0 aromatic heterocycles. The van der Waals surface area contributed by atoms with Crippen LogP contribution in [0.25, 0.3) is 0 Å². The van der Waals surface area contributed by atoms with Crippen LogP contribution in [0.4, 0.5) is 18.9 Å². The van der Waals surface area contributed by atoms with E-state index in [1.165, 1.54) is 38.5 Å². The van der Waals surface area contributed by atoms with Gasteiger partial charge in [-0.1, -0.05) is 18.2 Å². The van der Waals surface area contributed by atoms with E-state index in [9.17, 15) is 26.4 Å². The summed E-state index contributed by atoms with van der Waals surface area (Å²) in [5.74, 6) is 0.275. The van der Waals surface area contributed by atoms with Gasteiger partial charge in [-0.2, -0.15) is 13.2 Å². The summed E-state index contributed by atoms with van der Waals surface area (Å²) in [6.45, 7) is 3.07. The van der Waals surface area contributed by atoms with Crippen molar-refractivity contribution in [2.75, 3.05) is 25.1 Å². The molecule has 0 aliphatic carbocycles. The number of hydrogen-bond donors (Lipinski definition) is 1. The third kappa shape index (κ3) is 7.56. The van der Waals surface area contributed by atoms with Crippen LogP contribution in [0.2, 0.25) is 0 Å². The first-order chi connectivity index (χ1) is 18.3. The van der Waals surface area contributed by atoms with E-state index in [2.05, 4.69) is 5.32 Å². The van der Waals surface area contributed by atoms with Gasteiger partial charge in [0.2, 0.25) is 5.91 Å². The van der Waals surface area contributed by atoms with Crippen molar-refractivity contribution in [2.24, 2.45) is 0 Å². The van der Waals surface area contributed by atoms with Crippen LogP contribution >= 0.6 is 0 Å². The van der Waals surface area contributed by atoms with Crippen molar-refractivity contribution in [3.8, 4) is 17.2 Å². The molecule has 0 fully saturated rings. The van der Waals surface area contributed by atoms with Gasteiger partial charge >= 0.3 is 6.18 Å². The third-order valence-corrected chi connectivity index (χ3v) is 7.25. The quantitative estimate of drug-likeness (QED) is 0.350. The van der Waals surface area contributed by atoms with Gasteiger partial charge in [0.05, 0.1) is 36.5 Å². The van der Waals surface area contributed by atoms with E-state index in [-0.39, 0.29) is 34.7 Å². The monoisotopic (exact) mass is 566 g/mol. The molecular weight excluding hydrogens is 537 g/mol. The maximum Gasteiger partial charge on any atom is 0.416 e. The predicted molar refractivity (Wildman–Crippen MR) is 140 cm³/mol. The molecule has 1 N–H and O–H groups in total. The molecule has 0 radical (unpaired) electrons. The summed E-state index contributed by atoms with van der Waals surface area (Å²) >= 11 is 0. The minimum absolute atomic E-state index is 0.00926. The lowest BCUT2D eigenvalue weighted by molar-refractivity contribution is -0.137. The number of benzene rings is 3. The van der Waals surface area contributed by atoms with Crippen molar-refractivity contribution < 1.29 is 40.6 Å². The van der Waals surface area contributed by atoms with Crippen LogP contribution in [-0.4, -0.2) is 41.2 Å². The van der Waals surface area contributed by atoms with E-state index in [0.29, 0.717) is 21.7 Å². The van der Waals surface area contributed by atoms with Gasteiger partial charge in [-0.25, -0.2) is 8.42 Å². The highest BCUT2D eigenvalue weighted by atomic mass is 32.2. The Morgan fingerprint density at radius 2 is 1.62 bits per heavy atom. The Bertz CT molecular complexity index is 1390. The van der Waals surface area contributed by atoms with Crippen molar-refractivity contribution in [3.63, 3.8) is 0 Å². The molecule has 39 heavy (non-hydrogen) atoms. The van der Waals surface area contributed by atoms with Crippen molar-refractivity contribution in [1.29, 1.82) is 0 Å². The SMILES string of the molecule is COc1ccc(S(=O)(=O)N(CC(=O)NCc2ccc(OC(C)C)cc2)c2cccc(C(F)(F)F)c2)cc1OC. The summed E-state index contributed by atoms with van der Waals surface area (Å²) in [5, 5.41) is 2.62. The van der Waals surface area contributed by atoms with E-state index in [1.54, 1.807) is 24.3 Å². The number of nitrogens with one attached hydrogen (secondary N) is 1. The molecule has 0 bridgehead atoms. The Kier molecular flexibility index (Phi) is 9.33. The molecule has 0 unspecified atom stereocenters. The zero-order valence-electron chi connectivity index (χ0n) is 21.8. The number of amides is 1. The fourth-order valence-electron chi connectivity index (χ4n) is 3.60. The highest BCUT2D eigenvalue weighted by Gasteiger charge is 2.33. The van der Waals surface area contributed by atoms with Gasteiger partial charge in [-0.15, -0.1) is 0 Å². The molecule has 0 aliphatic rings. The topological polar surface area (TPSA) is 94.2 Å². The van der Waals surface area contributed by atoms with Gasteiger partial charge in [-0.3, -0.25) is 9.10 Å². The molecule has 0 heterocycles. The molecule has 12 heteroatoms. The van der Waals surface area contributed by atoms with Gasteiger partial charge in [-0.05, 0) is 61.9 Å². The van der Waals surface area contributed by atoms with E-state index in [1.807, 2.05) is 13.8 Å². The molecular formula is C27H29F3N2O6S. The Morgan fingerprint density at radius 1 is 0.949 bits per heavy atom. The van der Waals surface area contributed by atoms with E-state index in [4.69, 9.17) is 14.2 Å². The Morgan fingerprint density at radius 3 is 2.21 bits per heavy atom. The zero-order chi connectivity index (χ0) is 28.8. The lowest BCUT2D eigenvalue weighted by atomic mass is 10.2. The smallest absolute Gasteiger partial charge is 0.416 e. The first kappa shape index (κ1) is 29.6. The van der Waals surface area contributed by atoms with Crippen molar-refractivity contribution in [2.45, 2.75) is 37.6 Å². The lowest BCUT2D eigenvalue weighted by Gasteiger charge is -2.25. The van der Waals surface area contributed by atoms with Crippen LogP contribution < -0.4 is 23.8 Å². The molecule has 8 nitrogen and oxygen atoms in total. The number of anilines is 1. The van der Waals surface area contributed by atoms with Gasteiger partial charge in [0.15, 0.2) is 11.5 Å². The molecule has 0 saturated carbocycles. The fraction of sp³-hybridized carbons (Fsp3) is 0.296. The number of hydrogen-bond acceptors (Lipinski definition) is 6. The number of carbonyl (C=O) groups is 1. The van der Waals surface area contributed by atoms with Crippen molar-refractivity contribution in [1.82, 2.24) is 5.32 Å². The molecule has 0 saturated heterocycles. The van der Waals surface area contributed by atoms with E-state index in [0.717, 1.165) is 12.1 Å². The molecule has 3 aromatic carbocycles. The Hall–Kier alpha value is -3.93. The summed E-state index contributed by atoms with van der Waals surface area (Å²) in [7, 11) is -1.83. The number of rotatable bonds is 11. The average Bonchev–Trinajstić information content (AvgIpc) is 2.90. The number of nitrogens with zero attached hydrogens (tertiary/aromatic N) is 1. The molecule has 3 rings (SSSR count). The summed E-state index contributed by atoms with van der Waals surface area (Å²) in [6, 6.07) is 14.5. The summed E-state index contributed by atoms with van der Waals surface area (Å²) < 4.78 is 84.1. The molecule has 1 amide bonds. The van der Waals surface area contributed by atoms with Crippen LogP contribution in [0.3, 0.4) is 0 Å². The highest BCUT2D eigenvalue weighted by Crippen LogP contribution is 2.35. The predicted octanol–water partition coefficient (Wildman–Crippen LogP) is 5.02. The second-order valence-corrected chi connectivity index (χ2v) is 10.5. The zero-order valence-corrected chi connectivity index (χ0v) is 22.6. The second kappa shape index (κ2) is 12.3. The van der Waals surface area contributed by atoms with Gasteiger partial charge in [0, 0.05) is 12.6 Å². The standard InChI is InChI=1S/C27H29F3N2O6S/c1-18(2)38-22-10-8-19(9-11-22)16-31-26(33)17-32(21-7-5-6-20(14-21)27(28,29)30)39(34,35)23-12-13-24(36-3)25(15-23)37-4/h5-15,18H,16-17H2,1-4H3,(H,31,33). The maximum atomic E-state index is 13.7. The first-order valence-electron chi connectivity index (χ1n) is 11.8. The number of alkyl halides is 3. The van der Waals surface area contributed by atoms with E-state index < -0.39 is 34.2 Å². The lowest BCUT2D eigenvalue weighted by Crippen LogP contribution is -2.40. The van der Waals surface area contributed by atoms with Gasteiger partial charge in [0.25, 0.3) is 10.0 Å². The minimum atomic E-state index is -4.72. The molecule has 3 aromatic rings. The molecule has 0 aliphatic heterocycles. The first-order valence-corrected chi connectivity index (χ1v) is 13.2.